The van der Waals surface area contributed by atoms with Crippen LogP contribution in [0.4, 0.5) is 27.9 Å². The highest BCUT2D eigenvalue weighted by atomic mass is 32.2. The van der Waals surface area contributed by atoms with Crippen LogP contribution in [-0.2, 0) is 20.1 Å². The maximum absolute atomic E-state index is 12.5. The number of hydrogen-bond acceptors (Lipinski definition) is 9. The summed E-state index contributed by atoms with van der Waals surface area (Å²) in [7, 11) is -8.35. The molecule has 1 heterocycles. The predicted octanol–water partition coefficient (Wildman–Crippen LogP) is 6.50. The van der Waals surface area contributed by atoms with E-state index in [1.165, 1.54) is 53.9 Å². The fourth-order valence-corrected chi connectivity index (χ4v) is 6.21. The van der Waals surface area contributed by atoms with Crippen molar-refractivity contribution in [3.8, 4) is 0 Å². The van der Waals surface area contributed by atoms with Crippen molar-refractivity contribution in [3.63, 3.8) is 0 Å². The number of fused-ring (bicyclic) bond motifs is 1. The molecule has 5 rings (SSSR count). The smallest absolute Gasteiger partial charge is 0.295 e. The molecule has 0 saturated carbocycles. The van der Waals surface area contributed by atoms with E-state index in [9.17, 15) is 21.4 Å². The molecule has 0 aliphatic carbocycles. The second kappa shape index (κ2) is 10.3. The third-order valence-electron chi connectivity index (χ3n) is 5.38. The molecule has 38 heavy (non-hydrogen) atoms. The summed E-state index contributed by atoms with van der Waals surface area (Å²) >= 11 is 1.17. The van der Waals surface area contributed by atoms with Gasteiger partial charge in [-0.05, 0) is 54.6 Å². The highest BCUT2D eigenvalue weighted by Gasteiger charge is 2.19. The average Bonchev–Trinajstić information content (AvgIpc) is 3.40. The zero-order valence-electron chi connectivity index (χ0n) is 19.4. The SMILES string of the molecule is O=S(=O)(O)c1cccc2c(N=Nc3ccc(S(=O)(=O)Nc4nccs4)cc3)ccc(Nc3ccccc3)c12. The van der Waals surface area contributed by atoms with Gasteiger partial charge in [-0.3, -0.25) is 9.27 Å². The number of rotatable bonds is 8. The molecule has 0 amide bonds. The largest absolute Gasteiger partial charge is 0.355 e. The van der Waals surface area contributed by atoms with E-state index in [2.05, 4.69) is 25.3 Å². The topological polar surface area (TPSA) is 150 Å². The minimum absolute atomic E-state index is 0.0335. The molecule has 0 bridgehead atoms. The van der Waals surface area contributed by atoms with Gasteiger partial charge in [0.05, 0.1) is 16.3 Å². The van der Waals surface area contributed by atoms with Crippen molar-refractivity contribution in [1.82, 2.24) is 4.98 Å². The molecule has 0 fully saturated rings. The Labute approximate surface area is 222 Å². The quantitative estimate of drug-likeness (QED) is 0.143. The molecule has 192 valence electrons. The van der Waals surface area contributed by atoms with Gasteiger partial charge in [0, 0.05) is 33.7 Å². The van der Waals surface area contributed by atoms with Crippen LogP contribution in [0.5, 0.6) is 0 Å². The molecular formula is C25H19N5O5S3. The molecule has 13 heteroatoms. The molecule has 0 atom stereocenters. The van der Waals surface area contributed by atoms with Crippen molar-refractivity contribution >= 4 is 70.1 Å². The summed E-state index contributed by atoms with van der Waals surface area (Å²) in [4.78, 5) is 3.68. The Kier molecular flexibility index (Phi) is 6.91. The van der Waals surface area contributed by atoms with Crippen molar-refractivity contribution in [1.29, 1.82) is 0 Å². The number of sulfonamides is 1. The van der Waals surface area contributed by atoms with Gasteiger partial charge in [0.1, 0.15) is 4.90 Å². The van der Waals surface area contributed by atoms with Gasteiger partial charge >= 0.3 is 0 Å². The number of azo groups is 1. The summed E-state index contributed by atoms with van der Waals surface area (Å²) in [5.41, 5.74) is 1.92. The summed E-state index contributed by atoms with van der Waals surface area (Å²) in [5, 5.41) is 14.3. The van der Waals surface area contributed by atoms with E-state index in [0.29, 0.717) is 22.4 Å². The first-order valence-corrected chi connectivity index (χ1v) is 14.8. The van der Waals surface area contributed by atoms with Gasteiger partial charge in [0.2, 0.25) is 0 Å². The molecule has 0 spiro atoms. The normalized spacial score (nSPS) is 12.1. The van der Waals surface area contributed by atoms with E-state index in [1.54, 1.807) is 23.6 Å². The van der Waals surface area contributed by atoms with Gasteiger partial charge < -0.3 is 5.32 Å². The Morgan fingerprint density at radius 3 is 2.26 bits per heavy atom. The third-order valence-corrected chi connectivity index (χ3v) is 8.45. The van der Waals surface area contributed by atoms with Crippen LogP contribution in [-0.4, -0.2) is 26.4 Å². The van der Waals surface area contributed by atoms with Crippen LogP contribution in [0.25, 0.3) is 10.8 Å². The van der Waals surface area contributed by atoms with Crippen LogP contribution in [0.2, 0.25) is 0 Å². The van der Waals surface area contributed by atoms with Gasteiger partial charge in [-0.2, -0.15) is 13.5 Å². The molecule has 4 aromatic carbocycles. The van der Waals surface area contributed by atoms with Crippen LogP contribution in [0.1, 0.15) is 0 Å². The van der Waals surface area contributed by atoms with E-state index >= 15 is 0 Å². The van der Waals surface area contributed by atoms with Crippen LogP contribution in [0.15, 0.2) is 117 Å². The minimum Gasteiger partial charge on any atom is -0.355 e. The molecule has 10 nitrogen and oxygen atoms in total. The van der Waals surface area contributed by atoms with Crippen molar-refractivity contribution in [2.45, 2.75) is 9.79 Å². The maximum Gasteiger partial charge on any atom is 0.295 e. The second-order valence-corrected chi connectivity index (χ2v) is 11.9. The Bertz CT molecular complexity index is 1840. The molecule has 3 N–H and O–H groups in total. The van der Waals surface area contributed by atoms with Gasteiger partial charge in [-0.25, -0.2) is 13.4 Å². The molecular weight excluding hydrogens is 547 g/mol. The lowest BCUT2D eigenvalue weighted by Gasteiger charge is -2.13. The summed E-state index contributed by atoms with van der Waals surface area (Å²) in [5.74, 6) is 0. The van der Waals surface area contributed by atoms with Crippen molar-refractivity contribution in [2.75, 3.05) is 10.0 Å². The summed E-state index contributed by atoms with van der Waals surface area (Å²) in [6, 6.07) is 22.8. The molecule has 0 radical (unpaired) electrons. The number of nitrogens with one attached hydrogen (secondary N) is 2. The maximum atomic E-state index is 12.5. The first-order valence-electron chi connectivity index (χ1n) is 11.0. The Balaban J connectivity index is 1.49. The molecule has 0 aliphatic heterocycles. The van der Waals surface area contributed by atoms with Gasteiger partial charge in [-0.15, -0.1) is 16.5 Å². The molecule has 5 aromatic rings. The van der Waals surface area contributed by atoms with Crippen molar-refractivity contribution in [2.24, 2.45) is 10.2 Å². The Hall–Kier alpha value is -4.17. The number of hydrogen-bond donors (Lipinski definition) is 3. The second-order valence-electron chi connectivity index (χ2n) is 7.91. The lowest BCUT2D eigenvalue weighted by atomic mass is 10.1. The van der Waals surface area contributed by atoms with Gasteiger partial charge in [0.25, 0.3) is 20.1 Å². The fraction of sp³-hybridized carbons (Fsp3) is 0. The van der Waals surface area contributed by atoms with Gasteiger partial charge in [-0.1, -0.05) is 30.3 Å². The Morgan fingerprint density at radius 2 is 1.58 bits per heavy atom. The molecule has 1 aromatic heterocycles. The first-order chi connectivity index (χ1) is 18.2. The number of anilines is 3. The van der Waals surface area contributed by atoms with Crippen LogP contribution in [0, 0.1) is 0 Å². The predicted molar refractivity (Wildman–Crippen MR) is 147 cm³/mol. The van der Waals surface area contributed by atoms with Crippen molar-refractivity contribution < 1.29 is 21.4 Å². The fourth-order valence-electron chi connectivity index (χ4n) is 3.69. The highest BCUT2D eigenvalue weighted by Crippen LogP contribution is 2.38. The number of aromatic nitrogens is 1. The third kappa shape index (κ3) is 5.55. The van der Waals surface area contributed by atoms with E-state index in [1.807, 2.05) is 30.3 Å². The summed E-state index contributed by atoms with van der Waals surface area (Å²) < 4.78 is 61.7. The zero-order valence-corrected chi connectivity index (χ0v) is 21.8. The summed E-state index contributed by atoms with van der Waals surface area (Å²) in [6.07, 6.45) is 1.50. The molecule has 0 aliphatic rings. The standard InChI is InChI=1S/C25H19N5O5S3/c31-37(32,30-25-26-15-16-36-25)19-11-9-18(10-12-19)28-29-21-13-14-22(27-17-5-2-1-3-6-17)24-20(21)7-4-8-23(24)38(33,34)35/h1-16,27H,(H,26,30)(H,33,34,35). The first kappa shape index (κ1) is 25.5. The summed E-state index contributed by atoms with van der Waals surface area (Å²) in [6.45, 7) is 0. The number of nitrogens with zero attached hydrogens (tertiary/aromatic N) is 3. The minimum atomic E-state index is -4.54. The van der Waals surface area contributed by atoms with Crippen LogP contribution < -0.4 is 10.0 Å². The van der Waals surface area contributed by atoms with E-state index in [0.717, 1.165) is 5.69 Å². The van der Waals surface area contributed by atoms with E-state index in [-0.39, 0.29) is 20.3 Å². The van der Waals surface area contributed by atoms with E-state index in [4.69, 9.17) is 0 Å². The van der Waals surface area contributed by atoms with Crippen LogP contribution in [0.3, 0.4) is 0 Å². The average molecular weight is 566 g/mol. The zero-order chi connectivity index (χ0) is 26.8. The van der Waals surface area contributed by atoms with Gasteiger partial charge in [0.15, 0.2) is 5.13 Å². The lowest BCUT2D eigenvalue weighted by Crippen LogP contribution is -2.12. The monoisotopic (exact) mass is 565 g/mol. The van der Waals surface area contributed by atoms with E-state index < -0.39 is 20.1 Å². The Morgan fingerprint density at radius 1 is 0.816 bits per heavy atom. The highest BCUT2D eigenvalue weighted by molar-refractivity contribution is 7.93. The molecule has 0 unspecified atom stereocenters. The number of para-hydroxylation sites is 1. The number of thiazole rings is 1. The van der Waals surface area contributed by atoms with Crippen molar-refractivity contribution in [3.05, 3.63) is 96.5 Å². The van der Waals surface area contributed by atoms with Crippen LogP contribution >= 0.6 is 11.3 Å². The lowest BCUT2D eigenvalue weighted by molar-refractivity contribution is 0.484. The number of benzene rings is 4. The molecule has 0 saturated heterocycles.